The Morgan fingerprint density at radius 2 is 1.72 bits per heavy atom. The molecule has 0 amide bonds. The van der Waals surface area contributed by atoms with E-state index in [-0.39, 0.29) is 5.82 Å². The molecule has 0 saturated heterocycles. The zero-order chi connectivity index (χ0) is 23.9. The van der Waals surface area contributed by atoms with Crippen molar-refractivity contribution in [2.45, 2.75) is 38.9 Å². The summed E-state index contributed by atoms with van der Waals surface area (Å²) in [5, 5.41) is 3.88. The third-order valence-corrected chi connectivity index (χ3v) is 4.18. The third-order valence-electron chi connectivity index (χ3n) is 4.18. The van der Waals surface area contributed by atoms with Gasteiger partial charge in [0.2, 0.25) is 18.1 Å². The van der Waals surface area contributed by atoms with Crippen LogP contribution in [0.25, 0.3) is 5.82 Å². The minimum Gasteiger partial charge on any atom is -0.460 e. The Labute approximate surface area is 182 Å². The van der Waals surface area contributed by atoms with Crippen LogP contribution in [0.2, 0.25) is 0 Å². The van der Waals surface area contributed by atoms with E-state index in [0.29, 0.717) is 0 Å². The molecule has 0 aliphatic rings. The lowest BCUT2D eigenvalue weighted by atomic mass is 10.1. The molecule has 0 fully saturated rings. The molecule has 0 aromatic carbocycles. The fourth-order valence-corrected chi connectivity index (χ4v) is 2.75. The summed E-state index contributed by atoms with van der Waals surface area (Å²) in [5.74, 6) is -4.10. The molecule has 2 heterocycles. The van der Waals surface area contributed by atoms with E-state index in [1.54, 1.807) is 0 Å². The molecule has 174 valence electrons. The summed E-state index contributed by atoms with van der Waals surface area (Å²) in [6, 6.07) is 1.39. The van der Waals surface area contributed by atoms with Gasteiger partial charge in [-0.05, 0) is 6.07 Å². The van der Waals surface area contributed by atoms with Gasteiger partial charge in [0.1, 0.15) is 19.3 Å². The summed E-state index contributed by atoms with van der Waals surface area (Å²) in [6.45, 7) is 2.78. The Bertz CT molecular complexity index is 1000. The molecule has 2 aromatic rings. The van der Waals surface area contributed by atoms with Crippen molar-refractivity contribution in [3.05, 3.63) is 35.4 Å². The van der Waals surface area contributed by atoms with Crippen molar-refractivity contribution in [3.8, 4) is 5.82 Å². The topological polar surface area (TPSA) is 163 Å². The number of ether oxygens (including phenoxy) is 5. The number of methoxy groups -OCH3 is 2. The van der Waals surface area contributed by atoms with Crippen LogP contribution in [0, 0.1) is 0 Å². The summed E-state index contributed by atoms with van der Waals surface area (Å²) in [6.07, 6.45) is 0.647. The lowest BCUT2D eigenvalue weighted by Gasteiger charge is -2.39. The predicted molar refractivity (Wildman–Crippen MR) is 103 cm³/mol. The molecule has 0 aliphatic heterocycles. The molecule has 0 N–H and O–H groups in total. The van der Waals surface area contributed by atoms with Crippen LogP contribution >= 0.6 is 0 Å². The van der Waals surface area contributed by atoms with Crippen molar-refractivity contribution in [2.24, 2.45) is 0 Å². The molecule has 2 aromatic heterocycles. The van der Waals surface area contributed by atoms with Gasteiger partial charge >= 0.3 is 23.6 Å². The molecular weight excluding hydrogens is 430 g/mol. The van der Waals surface area contributed by atoms with Gasteiger partial charge < -0.3 is 23.7 Å². The summed E-state index contributed by atoms with van der Waals surface area (Å²) < 4.78 is 28.5. The van der Waals surface area contributed by atoms with E-state index >= 15 is 0 Å². The van der Waals surface area contributed by atoms with Crippen LogP contribution in [0.4, 0.5) is 0 Å². The Balaban J connectivity index is 2.61. The first-order valence-electron chi connectivity index (χ1n) is 9.15. The smallest absolute Gasteiger partial charge is 0.352 e. The van der Waals surface area contributed by atoms with Gasteiger partial charge in [-0.2, -0.15) is 10.1 Å². The Hall–Kier alpha value is -3.65. The monoisotopic (exact) mass is 453 g/mol. The van der Waals surface area contributed by atoms with Crippen LogP contribution in [0.15, 0.2) is 29.7 Å². The lowest BCUT2D eigenvalue weighted by molar-refractivity contribution is -0.305. The van der Waals surface area contributed by atoms with Gasteiger partial charge in [-0.15, -0.1) is 0 Å². The zero-order valence-electron chi connectivity index (χ0n) is 18.1. The first-order chi connectivity index (χ1) is 15.1. The summed E-state index contributed by atoms with van der Waals surface area (Å²) in [4.78, 5) is 55.6. The Morgan fingerprint density at radius 1 is 1.06 bits per heavy atom. The number of carbonyl (C=O) groups is 3. The number of hydrogen-bond acceptors (Lipinski definition) is 12. The van der Waals surface area contributed by atoms with Crippen LogP contribution in [-0.2, 0) is 38.1 Å². The van der Waals surface area contributed by atoms with E-state index in [4.69, 9.17) is 23.7 Å². The van der Waals surface area contributed by atoms with Crippen molar-refractivity contribution >= 4 is 17.9 Å². The lowest BCUT2D eigenvalue weighted by Crippen LogP contribution is -2.57. The maximum atomic E-state index is 12.8. The second-order valence-electron chi connectivity index (χ2n) is 6.35. The summed E-state index contributed by atoms with van der Waals surface area (Å²) >= 11 is 0. The summed E-state index contributed by atoms with van der Waals surface area (Å²) in [5.41, 5.74) is -0.880. The number of aromatic nitrogens is 5. The van der Waals surface area contributed by atoms with Crippen molar-refractivity contribution in [2.75, 3.05) is 20.8 Å². The van der Waals surface area contributed by atoms with Crippen molar-refractivity contribution < 1.29 is 38.1 Å². The molecule has 0 unspecified atom stereocenters. The van der Waals surface area contributed by atoms with E-state index < -0.39 is 48.3 Å². The van der Waals surface area contributed by atoms with E-state index in [1.165, 1.54) is 43.8 Å². The quantitative estimate of drug-likeness (QED) is 0.255. The number of carbonyl (C=O) groups excluding carboxylic acids is 3. The van der Waals surface area contributed by atoms with Gasteiger partial charge in [0.15, 0.2) is 5.82 Å². The largest absolute Gasteiger partial charge is 0.460 e. The average molecular weight is 453 g/mol. The molecule has 2 rings (SSSR count). The van der Waals surface area contributed by atoms with Gasteiger partial charge in [-0.1, -0.05) is 0 Å². The summed E-state index contributed by atoms with van der Waals surface area (Å²) in [7, 11) is 2.40. The van der Waals surface area contributed by atoms with Crippen molar-refractivity contribution in [3.63, 3.8) is 0 Å². The number of hydrogen-bond donors (Lipinski definition) is 0. The van der Waals surface area contributed by atoms with Crippen LogP contribution in [-0.4, -0.2) is 74.9 Å². The molecular formula is C18H23N5O9. The average Bonchev–Trinajstić information content (AvgIpc) is 3.27. The molecule has 0 saturated carbocycles. The minimum atomic E-state index is -1.94. The highest BCUT2D eigenvalue weighted by Gasteiger charge is 2.51. The number of nitrogens with zero attached hydrogens (tertiary/aromatic N) is 5. The Kier molecular flexibility index (Phi) is 8.15. The second kappa shape index (κ2) is 10.6. The molecule has 2 atom stereocenters. The van der Waals surface area contributed by atoms with Crippen molar-refractivity contribution in [1.82, 2.24) is 24.3 Å². The molecule has 0 radical (unpaired) electrons. The van der Waals surface area contributed by atoms with Crippen LogP contribution in [0.5, 0.6) is 0 Å². The van der Waals surface area contributed by atoms with Gasteiger partial charge in [0.25, 0.3) is 0 Å². The van der Waals surface area contributed by atoms with E-state index in [9.17, 15) is 19.2 Å². The standard InChI is InChI=1S/C18H23N5O9/c1-11(24)30-8-18(28-4,29-5)15(31-12(2)25)16(32-13(3)26)22-7-6-14(21-17(22)27)23-10-19-9-20-23/h6-7,9-10,15-16H,8H2,1-5H3/t15-,16+/m0/s1. The number of rotatable bonds is 10. The maximum Gasteiger partial charge on any atom is 0.352 e. The molecule has 32 heavy (non-hydrogen) atoms. The van der Waals surface area contributed by atoms with Gasteiger partial charge in [-0.3, -0.25) is 19.0 Å². The fraction of sp³-hybridized carbons (Fsp3) is 0.500. The maximum absolute atomic E-state index is 12.8. The highest BCUT2D eigenvalue weighted by molar-refractivity contribution is 5.67. The van der Waals surface area contributed by atoms with Gasteiger partial charge in [0.05, 0.1) is 0 Å². The van der Waals surface area contributed by atoms with E-state index in [1.807, 2.05) is 0 Å². The first kappa shape index (κ1) is 24.6. The van der Waals surface area contributed by atoms with E-state index in [0.717, 1.165) is 25.3 Å². The first-order valence-corrected chi connectivity index (χ1v) is 9.15. The predicted octanol–water partition coefficient (Wildman–Crippen LogP) is -0.630. The zero-order valence-corrected chi connectivity index (χ0v) is 18.1. The van der Waals surface area contributed by atoms with Crippen LogP contribution in [0.1, 0.15) is 27.0 Å². The molecule has 14 nitrogen and oxygen atoms in total. The molecule has 14 heteroatoms. The molecule has 0 bridgehead atoms. The number of esters is 3. The minimum absolute atomic E-state index is 0.138. The van der Waals surface area contributed by atoms with Crippen molar-refractivity contribution in [1.29, 1.82) is 0 Å². The van der Waals surface area contributed by atoms with Crippen LogP contribution in [0.3, 0.4) is 0 Å². The SMILES string of the molecule is COC(COC(C)=O)(OC)[C@@H](OC(C)=O)[C@@H](OC(C)=O)n1ccc(-n2cncn2)nc1=O. The van der Waals surface area contributed by atoms with E-state index in [2.05, 4.69) is 15.1 Å². The third kappa shape index (κ3) is 5.73. The highest BCUT2D eigenvalue weighted by Crippen LogP contribution is 2.30. The van der Waals surface area contributed by atoms with Gasteiger partial charge in [0, 0.05) is 41.2 Å². The fourth-order valence-electron chi connectivity index (χ4n) is 2.75. The van der Waals surface area contributed by atoms with Crippen LogP contribution < -0.4 is 5.69 Å². The highest BCUT2D eigenvalue weighted by atomic mass is 16.7. The normalized spacial score (nSPS) is 13.2. The molecule has 0 aliphatic carbocycles. The Morgan fingerprint density at radius 3 is 2.19 bits per heavy atom. The second-order valence-corrected chi connectivity index (χ2v) is 6.35. The van der Waals surface area contributed by atoms with Gasteiger partial charge in [-0.25, -0.2) is 14.5 Å². The molecule has 0 spiro atoms.